The van der Waals surface area contributed by atoms with E-state index in [2.05, 4.69) is 15.4 Å². The van der Waals surface area contributed by atoms with Crippen molar-refractivity contribution < 1.29 is 14.3 Å². The van der Waals surface area contributed by atoms with Gasteiger partial charge in [-0.15, -0.1) is 0 Å². The van der Waals surface area contributed by atoms with Gasteiger partial charge in [-0.05, 0) is 0 Å². The maximum atomic E-state index is 10.8. The molecule has 0 fully saturated rings. The summed E-state index contributed by atoms with van der Waals surface area (Å²) >= 11 is 0. The Balaban J connectivity index is 2.65. The van der Waals surface area contributed by atoms with Crippen molar-refractivity contribution >= 4 is 11.9 Å². The van der Waals surface area contributed by atoms with E-state index in [1.165, 1.54) is 13.3 Å². The first-order valence-corrected chi connectivity index (χ1v) is 3.06. The number of ether oxygens (including phenoxy) is 1. The van der Waals surface area contributed by atoms with Crippen LogP contribution in [0.3, 0.4) is 0 Å². The van der Waals surface area contributed by atoms with Crippen molar-refractivity contribution in [3.05, 3.63) is 11.9 Å². The second-order valence-electron chi connectivity index (χ2n) is 1.98. The molecule has 5 heteroatoms. The van der Waals surface area contributed by atoms with Crippen LogP contribution in [0.25, 0.3) is 0 Å². The van der Waals surface area contributed by atoms with Gasteiger partial charge < -0.3 is 15.4 Å². The first kappa shape index (κ1) is 7.59. The third-order valence-electron chi connectivity index (χ3n) is 1.19. The molecule has 2 N–H and O–H groups in total. The zero-order chi connectivity index (χ0) is 8.27. The van der Waals surface area contributed by atoms with Crippen molar-refractivity contribution in [1.29, 1.82) is 0 Å². The van der Waals surface area contributed by atoms with Crippen LogP contribution in [0.1, 0.15) is 0 Å². The smallest absolute Gasteiger partial charge is 0.356 e. The summed E-state index contributed by atoms with van der Waals surface area (Å²) in [6.45, 7) is 0.195. The summed E-state index contributed by atoms with van der Waals surface area (Å²) < 4.78 is 4.38. The monoisotopic (exact) mass is 156 g/mol. The van der Waals surface area contributed by atoms with E-state index in [1.54, 1.807) is 0 Å². The summed E-state index contributed by atoms with van der Waals surface area (Å²) in [4.78, 5) is 21.4. The number of carbonyl (C=O) groups is 2. The molecule has 11 heavy (non-hydrogen) atoms. The summed E-state index contributed by atoms with van der Waals surface area (Å²) in [7, 11) is 1.25. The van der Waals surface area contributed by atoms with Crippen molar-refractivity contribution in [2.75, 3.05) is 13.7 Å². The predicted molar refractivity (Wildman–Crippen MR) is 36.2 cm³/mol. The van der Waals surface area contributed by atoms with E-state index in [1.807, 2.05) is 0 Å². The van der Waals surface area contributed by atoms with Crippen molar-refractivity contribution in [2.45, 2.75) is 0 Å². The number of amides is 1. The average molecular weight is 156 g/mol. The Bertz CT molecular complexity index is 222. The zero-order valence-corrected chi connectivity index (χ0v) is 6.01. The molecule has 1 aliphatic heterocycles. The van der Waals surface area contributed by atoms with Gasteiger partial charge in [0.1, 0.15) is 5.70 Å². The van der Waals surface area contributed by atoms with Crippen LogP contribution in [-0.4, -0.2) is 25.5 Å². The normalized spacial score (nSPS) is 16.1. The molecule has 0 aromatic rings. The second-order valence-corrected chi connectivity index (χ2v) is 1.98. The van der Waals surface area contributed by atoms with Crippen LogP contribution in [0.2, 0.25) is 0 Å². The lowest BCUT2D eigenvalue weighted by atomic mass is 10.4. The third kappa shape index (κ3) is 1.70. The molecule has 1 amide bonds. The summed E-state index contributed by atoms with van der Waals surface area (Å²) in [6.07, 6.45) is 1.41. The molecule has 1 heterocycles. The van der Waals surface area contributed by atoms with E-state index in [0.29, 0.717) is 0 Å². The van der Waals surface area contributed by atoms with Gasteiger partial charge in [-0.2, -0.15) is 0 Å². The molecule has 0 unspecified atom stereocenters. The second kappa shape index (κ2) is 3.05. The van der Waals surface area contributed by atoms with Gasteiger partial charge in [-0.1, -0.05) is 0 Å². The van der Waals surface area contributed by atoms with Crippen molar-refractivity contribution in [3.8, 4) is 0 Å². The number of carbonyl (C=O) groups excluding carboxylic acids is 2. The van der Waals surface area contributed by atoms with E-state index in [4.69, 9.17) is 0 Å². The number of methoxy groups -OCH3 is 1. The minimum absolute atomic E-state index is 0.142. The van der Waals surface area contributed by atoms with Crippen molar-refractivity contribution in [3.63, 3.8) is 0 Å². The highest BCUT2D eigenvalue weighted by Gasteiger charge is 2.15. The molecule has 0 saturated carbocycles. The predicted octanol–water partition coefficient (Wildman–Crippen LogP) is -1.28. The highest BCUT2D eigenvalue weighted by molar-refractivity contribution is 5.95. The minimum Gasteiger partial charge on any atom is -0.464 e. The van der Waals surface area contributed by atoms with Crippen LogP contribution < -0.4 is 10.6 Å². The summed E-state index contributed by atoms with van der Waals surface area (Å²) in [6, 6.07) is 0. The molecule has 0 aromatic carbocycles. The van der Waals surface area contributed by atoms with Gasteiger partial charge >= 0.3 is 5.97 Å². The molecular weight excluding hydrogens is 148 g/mol. The van der Waals surface area contributed by atoms with Crippen LogP contribution in [0.15, 0.2) is 11.9 Å². The number of rotatable bonds is 1. The highest BCUT2D eigenvalue weighted by Crippen LogP contribution is 1.93. The Labute approximate surface area is 63.4 Å². The zero-order valence-electron chi connectivity index (χ0n) is 6.01. The molecule has 0 aromatic heterocycles. The Morgan fingerprint density at radius 1 is 1.73 bits per heavy atom. The van der Waals surface area contributed by atoms with E-state index in [-0.39, 0.29) is 18.1 Å². The number of hydrogen-bond donors (Lipinski definition) is 2. The van der Waals surface area contributed by atoms with Crippen molar-refractivity contribution in [2.24, 2.45) is 0 Å². The molecule has 1 aliphatic rings. The summed E-state index contributed by atoms with van der Waals surface area (Å²) in [5, 5.41) is 4.98. The van der Waals surface area contributed by atoms with Gasteiger partial charge in [0.2, 0.25) is 5.91 Å². The molecule has 0 radical (unpaired) electrons. The van der Waals surface area contributed by atoms with Crippen LogP contribution in [-0.2, 0) is 14.3 Å². The Hall–Kier alpha value is -1.52. The van der Waals surface area contributed by atoms with E-state index in [9.17, 15) is 9.59 Å². The lowest BCUT2D eigenvalue weighted by Crippen LogP contribution is -2.39. The van der Waals surface area contributed by atoms with Crippen LogP contribution in [0.4, 0.5) is 0 Å². The van der Waals surface area contributed by atoms with Gasteiger partial charge in [0.25, 0.3) is 0 Å². The fourth-order valence-corrected chi connectivity index (χ4v) is 0.696. The minimum atomic E-state index is -0.550. The van der Waals surface area contributed by atoms with Gasteiger partial charge in [0, 0.05) is 6.20 Å². The van der Waals surface area contributed by atoms with E-state index in [0.717, 1.165) is 0 Å². The Morgan fingerprint density at radius 2 is 2.45 bits per heavy atom. The molecule has 5 nitrogen and oxygen atoms in total. The third-order valence-corrected chi connectivity index (χ3v) is 1.19. The standard InChI is InChI=1S/C6H8N2O3/c1-11-6(10)4-2-7-3-5(9)8-4/h2,7H,3H2,1H3,(H,8,9). The van der Waals surface area contributed by atoms with Crippen LogP contribution >= 0.6 is 0 Å². The number of nitrogens with one attached hydrogen (secondary N) is 2. The molecule has 0 saturated heterocycles. The van der Waals surface area contributed by atoms with Crippen LogP contribution in [0, 0.1) is 0 Å². The quantitative estimate of drug-likeness (QED) is 0.464. The fraction of sp³-hybridized carbons (Fsp3) is 0.333. The Kier molecular flexibility index (Phi) is 2.10. The SMILES string of the molecule is COC(=O)C1=CNCC(=O)N1. The van der Waals surface area contributed by atoms with Gasteiger partial charge in [-0.25, -0.2) is 4.79 Å². The van der Waals surface area contributed by atoms with Crippen LogP contribution in [0.5, 0.6) is 0 Å². The molecule has 1 rings (SSSR count). The largest absolute Gasteiger partial charge is 0.464 e. The molecule has 0 bridgehead atoms. The lowest BCUT2D eigenvalue weighted by Gasteiger charge is -2.12. The van der Waals surface area contributed by atoms with Crippen molar-refractivity contribution in [1.82, 2.24) is 10.6 Å². The molecule has 0 spiro atoms. The highest BCUT2D eigenvalue weighted by atomic mass is 16.5. The number of hydrogen-bond acceptors (Lipinski definition) is 4. The molecule has 0 aliphatic carbocycles. The molecular formula is C6H8N2O3. The average Bonchev–Trinajstić information content (AvgIpc) is 2.03. The molecule has 60 valence electrons. The maximum Gasteiger partial charge on any atom is 0.356 e. The molecule has 0 atom stereocenters. The van der Waals surface area contributed by atoms with Gasteiger partial charge in [-0.3, -0.25) is 4.79 Å². The lowest BCUT2D eigenvalue weighted by molar-refractivity contribution is -0.138. The Morgan fingerprint density at radius 3 is 3.00 bits per heavy atom. The first-order chi connectivity index (χ1) is 5.24. The van der Waals surface area contributed by atoms with Gasteiger partial charge in [0.15, 0.2) is 0 Å². The maximum absolute atomic E-state index is 10.8. The fourth-order valence-electron chi connectivity index (χ4n) is 0.696. The first-order valence-electron chi connectivity index (χ1n) is 3.06. The summed E-state index contributed by atoms with van der Waals surface area (Å²) in [5.41, 5.74) is 0.142. The summed E-state index contributed by atoms with van der Waals surface area (Å²) in [5.74, 6) is -0.793. The van der Waals surface area contributed by atoms with E-state index >= 15 is 0 Å². The topological polar surface area (TPSA) is 67.4 Å². The van der Waals surface area contributed by atoms with E-state index < -0.39 is 5.97 Å². The van der Waals surface area contributed by atoms with Gasteiger partial charge in [0.05, 0.1) is 13.7 Å². The number of esters is 1.